The number of nitrogens with zero attached hydrogens (tertiary/aromatic N) is 2. The van der Waals surface area contributed by atoms with Crippen molar-refractivity contribution in [2.75, 3.05) is 17.4 Å². The molecule has 0 bridgehead atoms. The maximum absolute atomic E-state index is 12.5. The Labute approximate surface area is 149 Å². The number of halogens is 2. The number of amides is 1. The van der Waals surface area contributed by atoms with E-state index in [1.54, 1.807) is 28.4 Å². The van der Waals surface area contributed by atoms with Crippen LogP contribution in [0.5, 0.6) is 0 Å². The highest BCUT2D eigenvalue weighted by Crippen LogP contribution is 2.35. The molecule has 3 atom stereocenters. The van der Waals surface area contributed by atoms with Crippen molar-refractivity contribution in [3.05, 3.63) is 34.9 Å². The van der Waals surface area contributed by atoms with Crippen LogP contribution in [0.4, 0.5) is 0 Å². The fourth-order valence-corrected chi connectivity index (χ4v) is 4.95. The minimum Gasteiger partial charge on any atom is -0.315 e. The maximum atomic E-state index is 12.5. The van der Waals surface area contributed by atoms with Crippen LogP contribution >= 0.6 is 47.5 Å². The number of hydrogen-bond acceptors (Lipinski definition) is 5. The lowest BCUT2D eigenvalue weighted by Crippen LogP contribution is -2.47. The van der Waals surface area contributed by atoms with Gasteiger partial charge >= 0.3 is 0 Å². The van der Waals surface area contributed by atoms with Gasteiger partial charge in [0.25, 0.3) is 0 Å². The lowest BCUT2D eigenvalue weighted by molar-refractivity contribution is -0.132. The highest BCUT2D eigenvalue weighted by atomic mass is 35.5. The molecule has 22 heavy (non-hydrogen) atoms. The molecule has 4 nitrogen and oxygen atoms in total. The number of thioether (sulfide) groups is 2. The number of rotatable bonds is 2. The van der Waals surface area contributed by atoms with Crippen molar-refractivity contribution in [2.24, 2.45) is 0 Å². The van der Waals surface area contributed by atoms with E-state index in [9.17, 15) is 4.79 Å². The summed E-state index contributed by atoms with van der Waals surface area (Å²) in [5.74, 6) is 2.07. The molecule has 2 aliphatic heterocycles. The van der Waals surface area contributed by atoms with Gasteiger partial charge in [0, 0.05) is 16.5 Å². The number of nitrogens with one attached hydrogen (secondary N) is 1. The van der Waals surface area contributed by atoms with Gasteiger partial charge in [0.15, 0.2) is 0 Å². The molecular formula is C14H15Cl2N3OS2. The predicted molar refractivity (Wildman–Crippen MR) is 94.4 cm³/mol. The first-order chi connectivity index (χ1) is 10.2. The molecule has 0 saturated carbocycles. The number of carbonyl (C=O) groups is 1. The Morgan fingerprint density at radius 1 is 1.45 bits per heavy atom. The largest absolute Gasteiger partial charge is 0.315 e. The maximum Gasteiger partial charge on any atom is 0.242 e. The lowest BCUT2D eigenvalue weighted by Gasteiger charge is -2.22. The molecule has 1 N–H and O–H groups in total. The molecule has 2 saturated heterocycles. The van der Waals surface area contributed by atoms with Gasteiger partial charge in [0.1, 0.15) is 6.04 Å². The molecule has 1 unspecified atom stereocenters. The molecule has 0 aliphatic carbocycles. The van der Waals surface area contributed by atoms with Crippen molar-refractivity contribution in [1.29, 1.82) is 5.26 Å². The molecule has 1 amide bonds. The zero-order valence-electron chi connectivity index (χ0n) is 11.6. The van der Waals surface area contributed by atoms with E-state index >= 15 is 0 Å². The third kappa shape index (κ3) is 3.66. The summed E-state index contributed by atoms with van der Waals surface area (Å²) in [6.45, 7) is 0. The van der Waals surface area contributed by atoms with Crippen LogP contribution in [0, 0.1) is 11.3 Å². The van der Waals surface area contributed by atoms with Crippen LogP contribution in [0.2, 0.25) is 5.02 Å². The Bertz CT molecular complexity index is 596. The van der Waals surface area contributed by atoms with Gasteiger partial charge in [-0.3, -0.25) is 10.1 Å². The van der Waals surface area contributed by atoms with Crippen LogP contribution in [0.3, 0.4) is 0 Å². The summed E-state index contributed by atoms with van der Waals surface area (Å²) in [5.41, 5.74) is 1.08. The Morgan fingerprint density at radius 3 is 3.00 bits per heavy atom. The van der Waals surface area contributed by atoms with Crippen molar-refractivity contribution >= 4 is 53.4 Å². The summed E-state index contributed by atoms with van der Waals surface area (Å²) in [4.78, 5) is 14.2. The summed E-state index contributed by atoms with van der Waals surface area (Å²) in [7, 11) is 0. The van der Waals surface area contributed by atoms with E-state index < -0.39 is 0 Å². The minimum absolute atomic E-state index is 0. The second-order valence-corrected chi connectivity index (χ2v) is 7.51. The van der Waals surface area contributed by atoms with Crippen LogP contribution in [0.25, 0.3) is 0 Å². The van der Waals surface area contributed by atoms with Crippen molar-refractivity contribution in [3.63, 3.8) is 0 Å². The number of carbonyl (C=O) groups excluding carboxylic acids is 1. The highest BCUT2D eigenvalue weighted by molar-refractivity contribution is 8.00. The van der Waals surface area contributed by atoms with E-state index in [-0.39, 0.29) is 35.8 Å². The van der Waals surface area contributed by atoms with E-state index in [0.717, 1.165) is 11.3 Å². The smallest absolute Gasteiger partial charge is 0.242 e. The van der Waals surface area contributed by atoms with Crippen LogP contribution in [0.1, 0.15) is 10.9 Å². The van der Waals surface area contributed by atoms with E-state index in [1.165, 1.54) is 0 Å². The van der Waals surface area contributed by atoms with Gasteiger partial charge < -0.3 is 4.90 Å². The second-order valence-electron chi connectivity index (χ2n) is 4.94. The zero-order chi connectivity index (χ0) is 14.8. The number of benzene rings is 1. The molecule has 0 spiro atoms. The molecule has 3 rings (SSSR count). The average Bonchev–Trinajstić information content (AvgIpc) is 3.15. The number of hydrogen-bond donors (Lipinski definition) is 1. The molecule has 2 fully saturated rings. The Hall–Kier alpha value is -0.580. The first-order valence-electron chi connectivity index (χ1n) is 6.60. The van der Waals surface area contributed by atoms with Gasteiger partial charge in [0.05, 0.1) is 23.4 Å². The van der Waals surface area contributed by atoms with E-state index in [0.29, 0.717) is 16.7 Å². The van der Waals surface area contributed by atoms with Crippen LogP contribution in [0.15, 0.2) is 24.3 Å². The molecule has 2 aliphatic rings. The molecule has 1 aromatic rings. The van der Waals surface area contributed by atoms with Crippen molar-refractivity contribution in [1.82, 2.24) is 10.2 Å². The van der Waals surface area contributed by atoms with E-state index in [1.807, 2.05) is 24.3 Å². The molecular weight excluding hydrogens is 361 g/mol. The topological polar surface area (TPSA) is 56.1 Å². The van der Waals surface area contributed by atoms with Crippen LogP contribution in [-0.2, 0) is 4.79 Å². The summed E-state index contributed by atoms with van der Waals surface area (Å²) < 4.78 is 0. The molecule has 0 radical (unpaired) electrons. The quantitative estimate of drug-likeness (QED) is 0.860. The van der Waals surface area contributed by atoms with Crippen molar-refractivity contribution < 1.29 is 4.79 Å². The minimum atomic E-state index is -0.292. The average molecular weight is 376 g/mol. The van der Waals surface area contributed by atoms with Gasteiger partial charge in [0.2, 0.25) is 5.91 Å². The van der Waals surface area contributed by atoms with E-state index in [2.05, 4.69) is 11.4 Å². The third-order valence-electron chi connectivity index (χ3n) is 3.55. The second kappa shape index (κ2) is 7.80. The Kier molecular flexibility index (Phi) is 6.30. The highest BCUT2D eigenvalue weighted by Gasteiger charge is 2.37. The third-order valence-corrected chi connectivity index (χ3v) is 6.06. The van der Waals surface area contributed by atoms with Crippen LogP contribution in [-0.4, -0.2) is 40.3 Å². The van der Waals surface area contributed by atoms with Crippen molar-refractivity contribution in [2.45, 2.75) is 17.5 Å². The summed E-state index contributed by atoms with van der Waals surface area (Å²) >= 11 is 9.35. The molecule has 0 aromatic heterocycles. The molecule has 2 heterocycles. The molecule has 118 valence electrons. The SMILES string of the molecule is Cl.N#C[C@@H]1CSCN1C(=O)[C@@H]1CSC(c2cccc(Cl)c2)N1. The summed E-state index contributed by atoms with van der Waals surface area (Å²) in [6.07, 6.45) is 0. The molecule has 1 aromatic carbocycles. The van der Waals surface area contributed by atoms with Crippen LogP contribution < -0.4 is 5.32 Å². The monoisotopic (exact) mass is 375 g/mol. The fourth-order valence-electron chi connectivity index (χ4n) is 2.44. The normalized spacial score (nSPS) is 27.3. The Morgan fingerprint density at radius 2 is 2.27 bits per heavy atom. The summed E-state index contributed by atoms with van der Waals surface area (Å²) in [5, 5.41) is 13.2. The first-order valence-corrected chi connectivity index (χ1v) is 9.18. The van der Waals surface area contributed by atoms with Gasteiger partial charge in [-0.15, -0.1) is 35.9 Å². The zero-order valence-corrected chi connectivity index (χ0v) is 14.8. The van der Waals surface area contributed by atoms with Gasteiger partial charge in [-0.05, 0) is 17.7 Å². The standard InChI is InChI=1S/C14H14ClN3OS2.ClH/c15-10-3-1-2-9(4-10)13-17-12(7-21-13)14(19)18-8-20-6-11(18)5-16;/h1-4,11-13,17H,6-8H2;1H/t11-,12+,13?;/m1./s1. The van der Waals surface area contributed by atoms with Gasteiger partial charge in [-0.1, -0.05) is 23.7 Å². The van der Waals surface area contributed by atoms with Gasteiger partial charge in [-0.25, -0.2) is 0 Å². The lowest BCUT2D eigenvalue weighted by atomic mass is 10.2. The fraction of sp³-hybridized carbons (Fsp3) is 0.429. The van der Waals surface area contributed by atoms with Gasteiger partial charge in [-0.2, -0.15) is 5.26 Å². The van der Waals surface area contributed by atoms with E-state index in [4.69, 9.17) is 16.9 Å². The van der Waals surface area contributed by atoms with Crippen molar-refractivity contribution in [3.8, 4) is 6.07 Å². The summed E-state index contributed by atoms with van der Waals surface area (Å²) in [6, 6.07) is 9.36. The first kappa shape index (κ1) is 17.8. The predicted octanol–water partition coefficient (Wildman–Crippen LogP) is 2.89. The number of nitriles is 1. The Balaban J connectivity index is 0.00000176. The molecule has 8 heteroatoms.